The van der Waals surface area contributed by atoms with Crippen LogP contribution in [0.25, 0.3) is 11.1 Å². The molecular formula is C40H52N6O7S. The molecule has 0 saturated carbocycles. The molecule has 2 aromatic carbocycles. The molecule has 0 atom stereocenters. The number of nitrogens with zero attached hydrogens (tertiary/aromatic N) is 4. The number of hydrogen-bond donors (Lipinski definition) is 2. The fourth-order valence-corrected chi connectivity index (χ4v) is 8.35. The van der Waals surface area contributed by atoms with Crippen LogP contribution in [-0.4, -0.2) is 78.9 Å². The van der Waals surface area contributed by atoms with Crippen LogP contribution in [0.5, 0.6) is 0 Å². The summed E-state index contributed by atoms with van der Waals surface area (Å²) in [7, 11) is -4.06. The van der Waals surface area contributed by atoms with Crippen LogP contribution < -0.4 is 15.6 Å². The maximum absolute atomic E-state index is 14.3. The van der Waals surface area contributed by atoms with Crippen molar-refractivity contribution in [2.24, 2.45) is 0 Å². The molecule has 0 unspecified atom stereocenters. The van der Waals surface area contributed by atoms with E-state index in [1.807, 2.05) is 32.0 Å². The number of aryl methyl sites for hydroxylation is 3. The van der Waals surface area contributed by atoms with Crippen LogP contribution in [0.2, 0.25) is 0 Å². The molecule has 4 heterocycles. The smallest absolute Gasteiger partial charge is 0.263 e. The van der Waals surface area contributed by atoms with Crippen molar-refractivity contribution in [2.75, 3.05) is 37.6 Å². The quantitative estimate of drug-likeness (QED) is 0.158. The van der Waals surface area contributed by atoms with Gasteiger partial charge in [0.15, 0.2) is 5.82 Å². The molecule has 0 radical (unpaired) electrons. The molecule has 54 heavy (non-hydrogen) atoms. The Balaban J connectivity index is 1.27. The van der Waals surface area contributed by atoms with E-state index in [9.17, 15) is 18.0 Å². The average molecular weight is 761 g/mol. The maximum Gasteiger partial charge on any atom is 0.263 e. The highest BCUT2D eigenvalue weighted by Crippen LogP contribution is 2.33. The predicted molar refractivity (Wildman–Crippen MR) is 206 cm³/mol. The topological polar surface area (TPSA) is 158 Å². The Morgan fingerprint density at radius 3 is 2.46 bits per heavy atom. The molecule has 6 rings (SSSR count). The molecule has 0 aliphatic carbocycles. The molecule has 0 spiro atoms. The zero-order valence-electron chi connectivity index (χ0n) is 31.9. The number of carbonyl (C=O) groups excluding carboxylic acids is 1. The van der Waals surface area contributed by atoms with Crippen LogP contribution >= 0.6 is 0 Å². The minimum atomic E-state index is -4.06. The van der Waals surface area contributed by atoms with Gasteiger partial charge < -0.3 is 19.3 Å². The lowest BCUT2D eigenvalue weighted by Crippen LogP contribution is -2.54. The van der Waals surface area contributed by atoms with Crippen LogP contribution in [-0.2, 0) is 50.3 Å². The third kappa shape index (κ3) is 8.94. The molecule has 2 N–H and O–H groups in total. The minimum Gasteiger partial charge on any atom is -0.378 e. The van der Waals surface area contributed by atoms with E-state index in [4.69, 9.17) is 19.0 Å². The number of anilines is 1. The van der Waals surface area contributed by atoms with Crippen molar-refractivity contribution < 1.29 is 27.2 Å². The Kier molecular flexibility index (Phi) is 12.7. The fourth-order valence-electron chi connectivity index (χ4n) is 7.07. The first-order valence-electron chi connectivity index (χ1n) is 18.9. The van der Waals surface area contributed by atoms with Gasteiger partial charge in [-0.2, -0.15) is 0 Å². The first-order valence-corrected chi connectivity index (χ1v) is 20.4. The van der Waals surface area contributed by atoms with E-state index in [1.165, 1.54) is 0 Å². The van der Waals surface area contributed by atoms with E-state index in [2.05, 4.69) is 27.0 Å². The van der Waals surface area contributed by atoms with Gasteiger partial charge in [-0.25, -0.2) is 13.4 Å². The van der Waals surface area contributed by atoms with Crippen LogP contribution in [0.4, 0.5) is 5.82 Å². The summed E-state index contributed by atoms with van der Waals surface area (Å²) in [5, 5.41) is 7.07. The molecule has 1 amide bonds. The molecule has 2 aliphatic rings. The fraction of sp³-hybridized carbons (Fsp3) is 0.500. The lowest BCUT2D eigenvalue weighted by Gasteiger charge is -2.41. The van der Waals surface area contributed by atoms with Gasteiger partial charge in [0.25, 0.3) is 15.6 Å². The van der Waals surface area contributed by atoms with Gasteiger partial charge in [0, 0.05) is 54.5 Å². The maximum atomic E-state index is 14.3. The summed E-state index contributed by atoms with van der Waals surface area (Å²) in [6, 6.07) is 13.1. The summed E-state index contributed by atoms with van der Waals surface area (Å²) in [4.78, 5) is 35.0. The first-order chi connectivity index (χ1) is 26.0. The average Bonchev–Trinajstić information content (AvgIpc) is 3.44. The second-order valence-corrected chi connectivity index (χ2v) is 15.9. The molecule has 13 nitrogen and oxygen atoms in total. The molecule has 0 bridgehead atoms. The van der Waals surface area contributed by atoms with E-state index >= 15 is 0 Å². The molecule has 4 aromatic rings. The Labute approximate surface area is 317 Å². The standard InChI is InChI=1S/C40H52N6O7S/c1-6-8-13-37-41-27(4)35(21-38(47)42-31-16-18-45(19-17-31)32-24-52-25-32)40(48)46(37)22-29-14-15-33(30(20-29)23-51-7-2)34-11-9-10-12-36(34)54(49,50)44-39-26(3)28(5)53-43-39/h9-12,14-15,20,31-32H,6-8,13,16-19,21-25H2,1-5H3,(H,42,47)(H,43,44). The van der Waals surface area contributed by atoms with Gasteiger partial charge in [-0.1, -0.05) is 54.9 Å². The van der Waals surface area contributed by atoms with Crippen molar-refractivity contribution in [1.82, 2.24) is 24.9 Å². The van der Waals surface area contributed by atoms with Crippen LogP contribution in [0, 0.1) is 20.8 Å². The number of amides is 1. The van der Waals surface area contributed by atoms with Gasteiger partial charge in [-0.15, -0.1) is 0 Å². The zero-order chi connectivity index (χ0) is 38.4. The second kappa shape index (κ2) is 17.4. The molecule has 2 saturated heterocycles. The summed E-state index contributed by atoms with van der Waals surface area (Å²) < 4.78 is 48.2. The van der Waals surface area contributed by atoms with E-state index in [1.54, 1.807) is 42.7 Å². The van der Waals surface area contributed by atoms with Crippen molar-refractivity contribution in [3.05, 3.63) is 92.4 Å². The van der Waals surface area contributed by atoms with Gasteiger partial charge in [-0.05, 0) is 69.7 Å². The molecule has 2 aliphatic heterocycles. The number of benzene rings is 2. The van der Waals surface area contributed by atoms with Gasteiger partial charge in [-0.3, -0.25) is 23.8 Å². The number of rotatable bonds is 16. The number of likely N-dealkylation sites (tertiary alicyclic amines) is 1. The van der Waals surface area contributed by atoms with Gasteiger partial charge in [0.2, 0.25) is 5.91 Å². The Hall–Kier alpha value is -4.37. The number of carbonyl (C=O) groups is 1. The van der Waals surface area contributed by atoms with E-state index in [0.29, 0.717) is 58.6 Å². The molecular weight excluding hydrogens is 709 g/mol. The third-order valence-corrected chi connectivity index (χ3v) is 11.9. The van der Waals surface area contributed by atoms with Crippen molar-refractivity contribution in [3.63, 3.8) is 0 Å². The SMILES string of the molecule is CCCCc1nc(C)c(CC(=O)NC2CCN(C3COC3)CC2)c(=O)n1Cc1ccc(-c2ccccc2S(=O)(=O)Nc2noc(C)c2C)c(COCC)c1. The van der Waals surface area contributed by atoms with Crippen LogP contribution in [0.15, 0.2) is 56.7 Å². The number of piperidine rings is 1. The normalized spacial score (nSPS) is 15.6. The zero-order valence-corrected chi connectivity index (χ0v) is 32.8. The Morgan fingerprint density at radius 1 is 1.04 bits per heavy atom. The summed E-state index contributed by atoms with van der Waals surface area (Å²) in [5.74, 6) is 1.17. The monoisotopic (exact) mass is 760 g/mol. The summed E-state index contributed by atoms with van der Waals surface area (Å²) in [6.45, 7) is 13.6. The van der Waals surface area contributed by atoms with Crippen molar-refractivity contribution in [2.45, 2.75) is 103 Å². The molecule has 290 valence electrons. The predicted octanol–water partition coefficient (Wildman–Crippen LogP) is 5.07. The molecule has 2 aromatic heterocycles. The van der Waals surface area contributed by atoms with E-state index < -0.39 is 10.0 Å². The number of nitrogens with one attached hydrogen (secondary N) is 2. The lowest BCUT2D eigenvalue weighted by molar-refractivity contribution is -0.122. The van der Waals surface area contributed by atoms with Crippen molar-refractivity contribution >= 4 is 21.7 Å². The lowest BCUT2D eigenvalue weighted by atomic mass is 9.97. The van der Waals surface area contributed by atoms with Crippen molar-refractivity contribution in [3.8, 4) is 11.1 Å². The Bertz CT molecular complexity index is 2120. The number of ether oxygens (including phenoxy) is 2. The third-order valence-electron chi connectivity index (χ3n) is 10.5. The summed E-state index contributed by atoms with van der Waals surface area (Å²) in [6.07, 6.45) is 4.12. The first kappa shape index (κ1) is 39.3. The molecule has 14 heteroatoms. The van der Waals surface area contributed by atoms with Crippen molar-refractivity contribution in [1.29, 1.82) is 0 Å². The van der Waals surface area contributed by atoms with Gasteiger partial charge in [0.1, 0.15) is 11.6 Å². The van der Waals surface area contributed by atoms with Gasteiger partial charge in [0.05, 0.1) is 43.7 Å². The van der Waals surface area contributed by atoms with Crippen LogP contribution in [0.3, 0.4) is 0 Å². The van der Waals surface area contributed by atoms with Crippen LogP contribution in [0.1, 0.15) is 79.1 Å². The molecule has 2 fully saturated rings. The number of sulfonamides is 1. The number of unbranched alkanes of at least 4 members (excludes halogenated alkanes) is 1. The van der Waals surface area contributed by atoms with E-state index in [-0.39, 0.29) is 47.8 Å². The Morgan fingerprint density at radius 2 is 1.80 bits per heavy atom. The highest BCUT2D eigenvalue weighted by molar-refractivity contribution is 7.92. The summed E-state index contributed by atoms with van der Waals surface area (Å²) in [5.41, 5.74) is 4.13. The summed E-state index contributed by atoms with van der Waals surface area (Å²) >= 11 is 0. The number of aromatic nitrogens is 3. The highest BCUT2D eigenvalue weighted by atomic mass is 32.2. The van der Waals surface area contributed by atoms with E-state index in [0.717, 1.165) is 63.1 Å². The largest absolute Gasteiger partial charge is 0.378 e. The minimum absolute atomic E-state index is 0.0380. The second-order valence-electron chi connectivity index (χ2n) is 14.3. The highest BCUT2D eigenvalue weighted by Gasteiger charge is 2.30. The number of hydrogen-bond acceptors (Lipinski definition) is 10. The van der Waals surface area contributed by atoms with Gasteiger partial charge >= 0.3 is 0 Å².